The van der Waals surface area contributed by atoms with E-state index in [9.17, 15) is 0 Å². The van der Waals surface area contributed by atoms with Crippen LogP contribution in [0, 0.1) is 0 Å². The Bertz CT molecular complexity index is 393. The summed E-state index contributed by atoms with van der Waals surface area (Å²) < 4.78 is 0. The second-order valence-electron chi connectivity index (χ2n) is 6.56. The maximum absolute atomic E-state index is 3.50. The van der Waals surface area contributed by atoms with Crippen molar-refractivity contribution in [2.45, 2.75) is 64.0 Å². The molecule has 1 atom stereocenters. The van der Waals surface area contributed by atoms with Crippen LogP contribution in [0.25, 0.3) is 0 Å². The monoisotopic (exact) mass is 288 g/mol. The molecule has 0 aliphatic heterocycles. The normalized spacial score (nSPS) is 18.1. The SMILES string of the molecule is CCCc1ccc(C(CN(C)C2CCCCC2)NC)cc1. The van der Waals surface area contributed by atoms with E-state index in [1.54, 1.807) is 0 Å². The molecule has 0 bridgehead atoms. The predicted molar refractivity (Wildman–Crippen MR) is 91.7 cm³/mol. The van der Waals surface area contributed by atoms with Crippen molar-refractivity contribution in [1.82, 2.24) is 10.2 Å². The van der Waals surface area contributed by atoms with E-state index in [-0.39, 0.29) is 0 Å². The molecular weight excluding hydrogens is 256 g/mol. The Labute approximate surface area is 130 Å². The summed E-state index contributed by atoms with van der Waals surface area (Å²) in [6, 6.07) is 10.4. The van der Waals surface area contributed by atoms with Gasteiger partial charge in [-0.15, -0.1) is 0 Å². The molecule has 2 nitrogen and oxygen atoms in total. The summed E-state index contributed by atoms with van der Waals surface area (Å²) in [5.74, 6) is 0. The highest BCUT2D eigenvalue weighted by Crippen LogP contribution is 2.24. The number of hydrogen-bond acceptors (Lipinski definition) is 2. The van der Waals surface area contributed by atoms with E-state index in [4.69, 9.17) is 0 Å². The van der Waals surface area contributed by atoms with Crippen LogP contribution in [-0.4, -0.2) is 31.6 Å². The lowest BCUT2D eigenvalue weighted by atomic mass is 9.93. The third kappa shape index (κ3) is 4.82. The number of aryl methyl sites for hydroxylation is 1. The van der Waals surface area contributed by atoms with Crippen LogP contribution in [0.5, 0.6) is 0 Å². The van der Waals surface area contributed by atoms with Gasteiger partial charge < -0.3 is 10.2 Å². The lowest BCUT2D eigenvalue weighted by Gasteiger charge is -2.34. The molecule has 1 saturated carbocycles. The van der Waals surface area contributed by atoms with Gasteiger partial charge in [0.05, 0.1) is 0 Å². The summed E-state index contributed by atoms with van der Waals surface area (Å²) in [6.45, 7) is 3.34. The van der Waals surface area contributed by atoms with Crippen molar-refractivity contribution in [3.8, 4) is 0 Å². The lowest BCUT2D eigenvalue weighted by Crippen LogP contribution is -2.39. The first-order valence-corrected chi connectivity index (χ1v) is 8.71. The molecular formula is C19H32N2. The van der Waals surface area contributed by atoms with Crippen LogP contribution in [0.15, 0.2) is 24.3 Å². The minimum absolute atomic E-state index is 0.438. The van der Waals surface area contributed by atoms with Gasteiger partial charge in [0.15, 0.2) is 0 Å². The van der Waals surface area contributed by atoms with Gasteiger partial charge in [-0.1, -0.05) is 56.9 Å². The average Bonchev–Trinajstić information content (AvgIpc) is 2.54. The predicted octanol–water partition coefficient (Wildman–Crippen LogP) is 4.16. The molecule has 2 heteroatoms. The first kappa shape index (κ1) is 16.5. The summed E-state index contributed by atoms with van der Waals surface area (Å²) >= 11 is 0. The van der Waals surface area contributed by atoms with Gasteiger partial charge in [0.1, 0.15) is 0 Å². The Morgan fingerprint density at radius 1 is 1.14 bits per heavy atom. The third-order valence-electron chi connectivity index (χ3n) is 4.94. The van der Waals surface area contributed by atoms with Crippen LogP contribution in [0.3, 0.4) is 0 Å². The Morgan fingerprint density at radius 2 is 1.81 bits per heavy atom. The smallest absolute Gasteiger partial charge is 0.0446 e. The molecule has 0 spiro atoms. The van der Waals surface area contributed by atoms with Gasteiger partial charge in [-0.05, 0) is 44.5 Å². The number of rotatable bonds is 7. The number of benzene rings is 1. The molecule has 1 aliphatic rings. The van der Waals surface area contributed by atoms with E-state index in [2.05, 4.69) is 55.5 Å². The van der Waals surface area contributed by atoms with E-state index in [1.807, 2.05) is 0 Å². The molecule has 0 heterocycles. The van der Waals surface area contributed by atoms with Gasteiger partial charge in [0, 0.05) is 18.6 Å². The molecule has 1 N–H and O–H groups in total. The zero-order valence-corrected chi connectivity index (χ0v) is 14.1. The van der Waals surface area contributed by atoms with Crippen molar-refractivity contribution in [2.24, 2.45) is 0 Å². The van der Waals surface area contributed by atoms with Crippen molar-refractivity contribution in [2.75, 3.05) is 20.6 Å². The minimum atomic E-state index is 0.438. The van der Waals surface area contributed by atoms with Crippen LogP contribution in [-0.2, 0) is 6.42 Å². The molecule has 21 heavy (non-hydrogen) atoms. The first-order chi connectivity index (χ1) is 10.2. The van der Waals surface area contributed by atoms with Crippen LogP contribution in [0.2, 0.25) is 0 Å². The molecule has 0 amide bonds. The Kier molecular flexibility index (Phi) is 6.72. The number of nitrogens with zero attached hydrogens (tertiary/aromatic N) is 1. The second-order valence-corrected chi connectivity index (χ2v) is 6.56. The van der Waals surface area contributed by atoms with Gasteiger partial charge in [-0.2, -0.15) is 0 Å². The summed E-state index contributed by atoms with van der Waals surface area (Å²) in [4.78, 5) is 2.57. The van der Waals surface area contributed by atoms with E-state index in [1.165, 1.54) is 56.1 Å². The van der Waals surface area contributed by atoms with E-state index in [0.29, 0.717) is 6.04 Å². The van der Waals surface area contributed by atoms with Crippen LogP contribution in [0.1, 0.15) is 62.6 Å². The molecule has 1 fully saturated rings. The summed E-state index contributed by atoms with van der Waals surface area (Å²) in [5.41, 5.74) is 2.87. The zero-order chi connectivity index (χ0) is 15.1. The minimum Gasteiger partial charge on any atom is -0.312 e. The lowest BCUT2D eigenvalue weighted by molar-refractivity contribution is 0.176. The van der Waals surface area contributed by atoms with Crippen molar-refractivity contribution in [1.29, 1.82) is 0 Å². The Morgan fingerprint density at radius 3 is 2.38 bits per heavy atom. The standard InChI is InChI=1S/C19H32N2/c1-4-8-16-11-13-17(14-12-16)19(20-2)15-21(3)18-9-6-5-7-10-18/h11-14,18-20H,4-10,15H2,1-3H3. The van der Waals surface area contributed by atoms with Gasteiger partial charge in [0.2, 0.25) is 0 Å². The highest BCUT2D eigenvalue weighted by Gasteiger charge is 2.21. The fourth-order valence-corrected chi connectivity index (χ4v) is 3.53. The highest BCUT2D eigenvalue weighted by molar-refractivity contribution is 5.25. The zero-order valence-electron chi connectivity index (χ0n) is 14.1. The van der Waals surface area contributed by atoms with Crippen molar-refractivity contribution in [3.63, 3.8) is 0 Å². The highest BCUT2D eigenvalue weighted by atomic mass is 15.1. The average molecular weight is 288 g/mol. The van der Waals surface area contributed by atoms with E-state index < -0.39 is 0 Å². The second kappa shape index (κ2) is 8.55. The fourth-order valence-electron chi connectivity index (χ4n) is 3.53. The Balaban J connectivity index is 1.94. The van der Waals surface area contributed by atoms with Crippen LogP contribution in [0.4, 0.5) is 0 Å². The quantitative estimate of drug-likeness (QED) is 0.810. The van der Waals surface area contributed by atoms with Crippen molar-refractivity contribution in [3.05, 3.63) is 35.4 Å². The number of hydrogen-bond donors (Lipinski definition) is 1. The summed E-state index contributed by atoms with van der Waals surface area (Å²) in [5, 5.41) is 3.50. The summed E-state index contributed by atoms with van der Waals surface area (Å²) in [6.07, 6.45) is 9.41. The van der Waals surface area contributed by atoms with Gasteiger partial charge >= 0.3 is 0 Å². The van der Waals surface area contributed by atoms with Gasteiger partial charge in [-0.25, -0.2) is 0 Å². The van der Waals surface area contributed by atoms with E-state index in [0.717, 1.165) is 12.6 Å². The Hall–Kier alpha value is -0.860. The maximum Gasteiger partial charge on any atom is 0.0446 e. The van der Waals surface area contributed by atoms with Crippen LogP contribution >= 0.6 is 0 Å². The molecule has 0 radical (unpaired) electrons. The number of likely N-dealkylation sites (N-methyl/N-ethyl adjacent to an activating group) is 2. The maximum atomic E-state index is 3.50. The molecule has 0 saturated heterocycles. The topological polar surface area (TPSA) is 15.3 Å². The number of nitrogens with one attached hydrogen (secondary N) is 1. The van der Waals surface area contributed by atoms with E-state index >= 15 is 0 Å². The molecule has 118 valence electrons. The van der Waals surface area contributed by atoms with Crippen LogP contribution < -0.4 is 5.32 Å². The van der Waals surface area contributed by atoms with Crippen molar-refractivity contribution < 1.29 is 0 Å². The van der Waals surface area contributed by atoms with Gasteiger partial charge in [0.25, 0.3) is 0 Å². The molecule has 0 aromatic heterocycles. The van der Waals surface area contributed by atoms with Gasteiger partial charge in [-0.3, -0.25) is 0 Å². The largest absolute Gasteiger partial charge is 0.312 e. The molecule has 1 aliphatic carbocycles. The molecule has 1 aromatic carbocycles. The molecule has 1 aromatic rings. The summed E-state index contributed by atoms with van der Waals surface area (Å²) in [7, 11) is 4.38. The third-order valence-corrected chi connectivity index (χ3v) is 4.94. The van der Waals surface area contributed by atoms with Crippen molar-refractivity contribution >= 4 is 0 Å². The molecule has 1 unspecified atom stereocenters. The first-order valence-electron chi connectivity index (χ1n) is 8.71. The fraction of sp³-hybridized carbons (Fsp3) is 0.684. The molecule has 2 rings (SSSR count).